The minimum atomic E-state index is -4.36. The van der Waals surface area contributed by atoms with E-state index in [4.69, 9.17) is 5.10 Å². The van der Waals surface area contributed by atoms with Gasteiger partial charge in [-0.2, -0.15) is 18.3 Å². The molecule has 4 rings (SSSR count). The fourth-order valence-electron chi connectivity index (χ4n) is 4.03. The molecule has 1 aromatic heterocycles. The van der Waals surface area contributed by atoms with Gasteiger partial charge in [0.05, 0.1) is 16.9 Å². The van der Waals surface area contributed by atoms with E-state index in [9.17, 15) is 13.2 Å². The van der Waals surface area contributed by atoms with Crippen molar-refractivity contribution in [2.75, 3.05) is 25.0 Å². The fourth-order valence-corrected chi connectivity index (χ4v) is 4.03. The zero-order valence-corrected chi connectivity index (χ0v) is 15.4. The third kappa shape index (κ3) is 3.98. The van der Waals surface area contributed by atoms with E-state index >= 15 is 0 Å². The van der Waals surface area contributed by atoms with Gasteiger partial charge in [0, 0.05) is 18.7 Å². The van der Waals surface area contributed by atoms with Gasteiger partial charge in [0.2, 0.25) is 0 Å². The molecule has 2 aromatic rings. The van der Waals surface area contributed by atoms with Crippen LogP contribution in [0.5, 0.6) is 0 Å². The molecule has 1 N–H and O–H groups in total. The van der Waals surface area contributed by atoms with E-state index in [1.807, 2.05) is 0 Å². The summed E-state index contributed by atoms with van der Waals surface area (Å²) in [6, 6.07) is 5.44. The van der Waals surface area contributed by atoms with Gasteiger partial charge in [0.25, 0.3) is 0 Å². The molecule has 2 aliphatic heterocycles. The molecule has 0 radical (unpaired) electrons. The van der Waals surface area contributed by atoms with Gasteiger partial charge in [0.15, 0.2) is 0 Å². The van der Waals surface area contributed by atoms with Crippen molar-refractivity contribution < 1.29 is 13.2 Å². The topological polar surface area (TPSA) is 33.1 Å². The molecule has 0 spiro atoms. The van der Waals surface area contributed by atoms with E-state index in [1.165, 1.54) is 31.4 Å². The summed E-state index contributed by atoms with van der Waals surface area (Å²) in [7, 11) is 0. The maximum Gasteiger partial charge on any atom is 0.416 e. The summed E-state index contributed by atoms with van der Waals surface area (Å²) in [5.74, 6) is 0.860. The SMILES string of the molecule is FC(F)(F)c1cccc(-n2nc(CN3CCCCC3)c3c2NCCCC3)c1. The molecule has 0 amide bonds. The first-order valence-electron chi connectivity index (χ1n) is 9.77. The number of rotatable bonds is 3. The van der Waals surface area contributed by atoms with Gasteiger partial charge in [-0.15, -0.1) is 0 Å². The van der Waals surface area contributed by atoms with Crippen molar-refractivity contribution >= 4 is 5.82 Å². The second kappa shape index (κ2) is 7.54. The van der Waals surface area contributed by atoms with Gasteiger partial charge < -0.3 is 5.32 Å². The Bertz CT molecular complexity index is 791. The lowest BCUT2D eigenvalue weighted by Crippen LogP contribution is -2.29. The minimum absolute atomic E-state index is 0.459. The number of anilines is 1. The van der Waals surface area contributed by atoms with Crippen LogP contribution in [-0.2, 0) is 19.1 Å². The van der Waals surface area contributed by atoms with Crippen LogP contribution in [0, 0.1) is 0 Å². The maximum absolute atomic E-state index is 13.1. The Hall–Kier alpha value is -2.02. The Morgan fingerprint density at radius 1 is 1.04 bits per heavy atom. The standard InChI is InChI=1S/C20H25F3N4/c21-20(22,23)15-7-6-8-16(13-15)27-19-17(9-2-3-10-24-19)18(25-27)14-26-11-4-1-5-12-26/h6-8,13,24H,1-5,9-12,14H2. The molecule has 3 heterocycles. The lowest BCUT2D eigenvalue weighted by molar-refractivity contribution is -0.137. The van der Waals surface area contributed by atoms with E-state index in [-0.39, 0.29) is 0 Å². The summed E-state index contributed by atoms with van der Waals surface area (Å²) in [5, 5.41) is 8.17. The highest BCUT2D eigenvalue weighted by Crippen LogP contribution is 2.33. The lowest BCUT2D eigenvalue weighted by atomic mass is 10.1. The number of nitrogens with one attached hydrogen (secondary N) is 1. The molecule has 0 unspecified atom stereocenters. The number of hydrogen-bond donors (Lipinski definition) is 1. The average molecular weight is 378 g/mol. The lowest BCUT2D eigenvalue weighted by Gasteiger charge is -2.25. The second-order valence-electron chi connectivity index (χ2n) is 7.45. The first-order valence-corrected chi connectivity index (χ1v) is 9.77. The third-order valence-electron chi connectivity index (χ3n) is 5.45. The van der Waals surface area contributed by atoms with Crippen molar-refractivity contribution in [2.45, 2.75) is 51.2 Å². The van der Waals surface area contributed by atoms with E-state index < -0.39 is 11.7 Å². The minimum Gasteiger partial charge on any atom is -0.370 e. The van der Waals surface area contributed by atoms with Crippen molar-refractivity contribution in [3.8, 4) is 5.69 Å². The summed E-state index contributed by atoms with van der Waals surface area (Å²) in [6.45, 7) is 3.73. The van der Waals surface area contributed by atoms with Crippen LogP contribution < -0.4 is 5.32 Å². The molecule has 27 heavy (non-hydrogen) atoms. The van der Waals surface area contributed by atoms with Crippen LogP contribution in [0.3, 0.4) is 0 Å². The Kier molecular flexibility index (Phi) is 5.12. The monoisotopic (exact) mass is 378 g/mol. The normalized spacial score (nSPS) is 18.6. The maximum atomic E-state index is 13.1. The van der Waals surface area contributed by atoms with Crippen LogP contribution in [0.15, 0.2) is 24.3 Å². The number of alkyl halides is 3. The van der Waals surface area contributed by atoms with E-state index in [2.05, 4.69) is 10.2 Å². The Labute approximate surface area is 157 Å². The van der Waals surface area contributed by atoms with Gasteiger partial charge in [-0.3, -0.25) is 4.90 Å². The molecule has 0 aliphatic carbocycles. The molecular weight excluding hydrogens is 353 g/mol. The molecule has 7 heteroatoms. The van der Waals surface area contributed by atoms with E-state index in [0.717, 1.165) is 68.6 Å². The Balaban J connectivity index is 1.72. The molecule has 4 nitrogen and oxygen atoms in total. The molecule has 2 aliphatic rings. The number of benzene rings is 1. The Morgan fingerprint density at radius 2 is 1.85 bits per heavy atom. The molecular formula is C20H25F3N4. The van der Waals surface area contributed by atoms with Crippen LogP contribution in [0.4, 0.5) is 19.0 Å². The molecule has 0 atom stereocenters. The molecule has 1 saturated heterocycles. The van der Waals surface area contributed by atoms with Gasteiger partial charge in [-0.1, -0.05) is 12.5 Å². The highest BCUT2D eigenvalue weighted by atomic mass is 19.4. The zero-order valence-electron chi connectivity index (χ0n) is 15.4. The van der Waals surface area contributed by atoms with Crippen LogP contribution in [0.1, 0.15) is 48.9 Å². The van der Waals surface area contributed by atoms with Crippen LogP contribution in [0.25, 0.3) is 5.69 Å². The van der Waals surface area contributed by atoms with Gasteiger partial charge in [-0.25, -0.2) is 4.68 Å². The van der Waals surface area contributed by atoms with Gasteiger partial charge in [0.1, 0.15) is 5.82 Å². The molecule has 0 bridgehead atoms. The quantitative estimate of drug-likeness (QED) is 0.846. The van der Waals surface area contributed by atoms with Crippen LogP contribution >= 0.6 is 0 Å². The predicted molar refractivity (Wildman–Crippen MR) is 99.1 cm³/mol. The smallest absolute Gasteiger partial charge is 0.370 e. The molecule has 1 fully saturated rings. The summed E-state index contributed by atoms with van der Waals surface area (Å²) < 4.78 is 41.1. The number of piperidine rings is 1. The first-order chi connectivity index (χ1) is 13.0. The fraction of sp³-hybridized carbons (Fsp3) is 0.550. The van der Waals surface area contributed by atoms with E-state index in [0.29, 0.717) is 5.69 Å². The molecule has 1 aromatic carbocycles. The summed E-state index contributed by atoms with van der Waals surface area (Å²) >= 11 is 0. The number of aromatic nitrogens is 2. The molecule has 0 saturated carbocycles. The zero-order chi connectivity index (χ0) is 18.9. The number of fused-ring (bicyclic) bond motifs is 1. The largest absolute Gasteiger partial charge is 0.416 e. The van der Waals surface area contributed by atoms with Crippen molar-refractivity contribution in [2.24, 2.45) is 0 Å². The average Bonchev–Trinajstić information content (AvgIpc) is 2.83. The van der Waals surface area contributed by atoms with E-state index in [1.54, 1.807) is 10.7 Å². The summed E-state index contributed by atoms with van der Waals surface area (Å²) in [6.07, 6.45) is 2.37. The van der Waals surface area contributed by atoms with Crippen molar-refractivity contribution in [1.82, 2.24) is 14.7 Å². The number of nitrogens with zero attached hydrogens (tertiary/aromatic N) is 3. The summed E-state index contributed by atoms with van der Waals surface area (Å²) in [5.41, 5.74) is 1.98. The number of halogens is 3. The predicted octanol–water partition coefficient (Wildman–Crippen LogP) is 4.63. The molecule has 146 valence electrons. The second-order valence-corrected chi connectivity index (χ2v) is 7.45. The first kappa shape index (κ1) is 18.3. The number of likely N-dealkylation sites (tertiary alicyclic amines) is 1. The highest BCUT2D eigenvalue weighted by Gasteiger charge is 2.31. The van der Waals surface area contributed by atoms with Gasteiger partial charge in [-0.05, 0) is 63.4 Å². The van der Waals surface area contributed by atoms with Crippen LogP contribution in [-0.4, -0.2) is 34.3 Å². The third-order valence-corrected chi connectivity index (χ3v) is 5.45. The number of hydrogen-bond acceptors (Lipinski definition) is 3. The van der Waals surface area contributed by atoms with Crippen molar-refractivity contribution in [3.63, 3.8) is 0 Å². The van der Waals surface area contributed by atoms with Crippen LogP contribution in [0.2, 0.25) is 0 Å². The highest BCUT2D eigenvalue weighted by molar-refractivity contribution is 5.55. The van der Waals surface area contributed by atoms with Gasteiger partial charge >= 0.3 is 6.18 Å². The van der Waals surface area contributed by atoms with Crippen molar-refractivity contribution in [3.05, 3.63) is 41.1 Å². The van der Waals surface area contributed by atoms with Crippen molar-refractivity contribution in [1.29, 1.82) is 0 Å². The summed E-state index contributed by atoms with van der Waals surface area (Å²) in [4.78, 5) is 2.41. The Morgan fingerprint density at radius 3 is 2.63 bits per heavy atom.